The van der Waals surface area contributed by atoms with Gasteiger partial charge in [-0.05, 0) is 0 Å². The molecule has 4 heteroatoms. The Labute approximate surface area is 160 Å². The van der Waals surface area contributed by atoms with Gasteiger partial charge in [0.25, 0.3) is 0 Å². The van der Waals surface area contributed by atoms with Crippen LogP contribution < -0.4 is 8.93 Å². The van der Waals surface area contributed by atoms with E-state index in [1.807, 2.05) is 91.0 Å². The molecule has 0 aliphatic carbocycles. The summed E-state index contributed by atoms with van der Waals surface area (Å²) >= 11 is -3.14. The fourth-order valence-electron chi connectivity index (χ4n) is 2.64. The molecule has 0 unspecified atom stereocenters. The number of hydrogen-bond donors (Lipinski definition) is 1. The fraction of sp³-hybridized carbons (Fsp3) is 0.0455. The molecule has 1 N–H and O–H groups in total. The minimum absolute atomic E-state index is 0.183. The monoisotopic (exact) mass is 459 g/mol. The Kier molecular flexibility index (Phi) is 6.12. The number of carbonyl (C=O) groups is 1. The molecule has 26 heavy (non-hydrogen) atoms. The Balaban J connectivity index is 2.27. The van der Waals surface area contributed by atoms with Gasteiger partial charge in [0.1, 0.15) is 0 Å². The molecule has 0 saturated carbocycles. The molecule has 0 radical (unpaired) electrons. The van der Waals surface area contributed by atoms with E-state index in [9.17, 15) is 7.90 Å². The SMILES string of the molecule is CC(=O)N/C(=C(\c1ccccc1)[Te](=O)c1ccccc1)c1ccccc1. The number of benzene rings is 3. The van der Waals surface area contributed by atoms with Crippen molar-refractivity contribution < 1.29 is 7.90 Å². The van der Waals surface area contributed by atoms with Crippen molar-refractivity contribution in [2.75, 3.05) is 0 Å². The second-order valence-corrected chi connectivity index (χ2v) is 9.74. The molecule has 0 heterocycles. The zero-order valence-electron chi connectivity index (χ0n) is 14.4. The van der Waals surface area contributed by atoms with Crippen molar-refractivity contribution in [1.82, 2.24) is 5.32 Å². The first-order valence-electron chi connectivity index (χ1n) is 8.26. The van der Waals surface area contributed by atoms with Crippen molar-refractivity contribution in [3.05, 3.63) is 102 Å². The third-order valence-corrected chi connectivity index (χ3v) is 8.08. The first kappa shape index (κ1) is 18.3. The van der Waals surface area contributed by atoms with E-state index in [4.69, 9.17) is 0 Å². The third kappa shape index (κ3) is 4.35. The van der Waals surface area contributed by atoms with Crippen LogP contribution in [0.5, 0.6) is 0 Å². The molecule has 3 aromatic carbocycles. The van der Waals surface area contributed by atoms with Gasteiger partial charge in [-0.2, -0.15) is 0 Å². The van der Waals surface area contributed by atoms with Gasteiger partial charge < -0.3 is 0 Å². The van der Waals surface area contributed by atoms with Crippen molar-refractivity contribution in [2.24, 2.45) is 0 Å². The zero-order chi connectivity index (χ0) is 18.4. The number of hydrogen-bond acceptors (Lipinski definition) is 2. The molecule has 0 atom stereocenters. The van der Waals surface area contributed by atoms with Crippen molar-refractivity contribution in [3.8, 4) is 0 Å². The van der Waals surface area contributed by atoms with Crippen molar-refractivity contribution in [3.63, 3.8) is 0 Å². The van der Waals surface area contributed by atoms with Crippen LogP contribution in [0.2, 0.25) is 0 Å². The van der Waals surface area contributed by atoms with Crippen LogP contribution in [0.4, 0.5) is 0 Å². The van der Waals surface area contributed by atoms with Gasteiger partial charge in [0.2, 0.25) is 0 Å². The van der Waals surface area contributed by atoms with Crippen molar-refractivity contribution in [1.29, 1.82) is 0 Å². The standard InChI is InChI=1S/C22H19NO2Te/c1-17(24)23-21(18-11-5-2-6-12-18)22(19-13-7-3-8-14-19)26(25)20-15-9-4-10-16-20/h2-16H,1H3,(H,23,24)/b22-21+. The molecule has 0 saturated heterocycles. The van der Waals surface area contributed by atoms with Gasteiger partial charge in [0.15, 0.2) is 0 Å². The van der Waals surface area contributed by atoms with Crippen LogP contribution in [0.15, 0.2) is 91.0 Å². The average molecular weight is 457 g/mol. The zero-order valence-corrected chi connectivity index (χ0v) is 16.7. The maximum atomic E-state index is 13.6. The molecule has 0 aromatic heterocycles. The van der Waals surface area contributed by atoms with E-state index >= 15 is 0 Å². The van der Waals surface area contributed by atoms with Gasteiger partial charge in [-0.15, -0.1) is 0 Å². The van der Waals surface area contributed by atoms with Crippen LogP contribution in [0.3, 0.4) is 0 Å². The van der Waals surface area contributed by atoms with Gasteiger partial charge in [-0.1, -0.05) is 0 Å². The van der Waals surface area contributed by atoms with Crippen LogP contribution in [-0.4, -0.2) is 25.4 Å². The molecule has 0 fully saturated rings. The predicted molar refractivity (Wildman–Crippen MR) is 106 cm³/mol. The van der Waals surface area contributed by atoms with Crippen LogP contribution in [0.25, 0.3) is 9.32 Å². The first-order chi connectivity index (χ1) is 12.7. The molecular formula is C22H19NO2Te. The summed E-state index contributed by atoms with van der Waals surface area (Å²) in [5, 5.41) is 2.93. The van der Waals surface area contributed by atoms with E-state index in [2.05, 4.69) is 5.32 Å². The molecule has 3 nitrogen and oxygen atoms in total. The molecule has 1 amide bonds. The summed E-state index contributed by atoms with van der Waals surface area (Å²) < 4.78 is 15.1. The molecule has 3 rings (SSSR count). The van der Waals surface area contributed by atoms with Crippen LogP contribution in [0.1, 0.15) is 18.1 Å². The van der Waals surface area contributed by atoms with E-state index in [1.54, 1.807) is 0 Å². The Morgan fingerprint density at radius 3 is 1.69 bits per heavy atom. The minimum atomic E-state index is -3.14. The van der Waals surface area contributed by atoms with Crippen molar-refractivity contribution in [2.45, 2.75) is 6.92 Å². The summed E-state index contributed by atoms with van der Waals surface area (Å²) in [7, 11) is 0. The third-order valence-electron chi connectivity index (χ3n) is 3.77. The van der Waals surface area contributed by atoms with Crippen LogP contribution >= 0.6 is 0 Å². The number of rotatable bonds is 5. The number of amides is 1. The van der Waals surface area contributed by atoms with Gasteiger partial charge in [0.05, 0.1) is 0 Å². The number of carbonyl (C=O) groups excluding carboxylic acids is 1. The molecule has 0 spiro atoms. The Morgan fingerprint density at radius 1 is 0.731 bits per heavy atom. The molecule has 130 valence electrons. The summed E-state index contributed by atoms with van der Waals surface area (Å²) in [6.45, 7) is 1.47. The summed E-state index contributed by atoms with van der Waals surface area (Å²) in [4.78, 5) is 11.9. The van der Waals surface area contributed by atoms with Gasteiger partial charge >= 0.3 is 161 Å². The molecular weight excluding hydrogens is 438 g/mol. The first-order valence-corrected chi connectivity index (χ1v) is 11.5. The van der Waals surface area contributed by atoms with Gasteiger partial charge in [0, 0.05) is 0 Å². The molecule has 3 aromatic rings. The van der Waals surface area contributed by atoms with E-state index in [0.29, 0.717) is 5.70 Å². The maximum absolute atomic E-state index is 13.6. The average Bonchev–Trinajstić information content (AvgIpc) is 2.69. The predicted octanol–water partition coefficient (Wildman–Crippen LogP) is 3.56. The van der Waals surface area contributed by atoms with Gasteiger partial charge in [-0.3, -0.25) is 0 Å². The molecule has 0 aliphatic heterocycles. The van der Waals surface area contributed by atoms with E-state index < -0.39 is 19.5 Å². The normalized spacial score (nSPS) is 11.8. The fourth-order valence-corrected chi connectivity index (χ4v) is 6.47. The Hall–Kier alpha value is -2.54. The molecule has 0 aliphatic rings. The number of nitrogens with one attached hydrogen (secondary N) is 1. The summed E-state index contributed by atoms with van der Waals surface area (Å²) in [5.41, 5.74) is 2.34. The summed E-state index contributed by atoms with van der Waals surface area (Å²) in [6.07, 6.45) is 0. The van der Waals surface area contributed by atoms with E-state index in [-0.39, 0.29) is 5.91 Å². The Morgan fingerprint density at radius 2 is 1.19 bits per heavy atom. The quantitative estimate of drug-likeness (QED) is 0.471. The Bertz CT molecular complexity index is 936. The summed E-state index contributed by atoms with van der Waals surface area (Å²) in [6, 6.07) is 28.7. The van der Waals surface area contributed by atoms with Gasteiger partial charge in [-0.25, -0.2) is 0 Å². The molecule has 0 bridgehead atoms. The van der Waals surface area contributed by atoms with Crippen molar-refractivity contribution >= 4 is 38.4 Å². The summed E-state index contributed by atoms with van der Waals surface area (Å²) in [5.74, 6) is -0.183. The topological polar surface area (TPSA) is 46.2 Å². The van der Waals surface area contributed by atoms with E-state index in [1.165, 1.54) is 6.92 Å². The van der Waals surface area contributed by atoms with E-state index in [0.717, 1.165) is 18.4 Å². The second kappa shape index (κ2) is 8.71. The van der Waals surface area contributed by atoms with Crippen LogP contribution in [-0.2, 0) is 7.90 Å². The van der Waals surface area contributed by atoms with Crippen LogP contribution in [0, 0.1) is 0 Å². The second-order valence-electron chi connectivity index (χ2n) is 5.70.